The Kier molecular flexibility index (Phi) is 4.03. The van der Waals surface area contributed by atoms with E-state index >= 15 is 0 Å². The van der Waals surface area contributed by atoms with Gasteiger partial charge >= 0.3 is 0 Å². The molecule has 15 heavy (non-hydrogen) atoms. The maximum Gasteiger partial charge on any atom is 0.143 e. The zero-order valence-electron chi connectivity index (χ0n) is 9.91. The van der Waals surface area contributed by atoms with Crippen molar-refractivity contribution < 1.29 is 0 Å². The van der Waals surface area contributed by atoms with E-state index in [0.29, 0.717) is 17.7 Å². The molecule has 1 heterocycles. The minimum absolute atomic E-state index is 0.371. The Labute approximate surface area is 91.3 Å². The molecule has 84 valence electrons. The SMILES string of the molecule is CCC(C)c1nc(NN)cc(C(C)C)n1. The number of aromatic nitrogens is 2. The van der Waals surface area contributed by atoms with E-state index in [-0.39, 0.29) is 0 Å². The van der Waals surface area contributed by atoms with Crippen molar-refractivity contribution in [1.82, 2.24) is 9.97 Å². The Balaban J connectivity index is 3.11. The van der Waals surface area contributed by atoms with Gasteiger partial charge in [-0.25, -0.2) is 15.8 Å². The molecule has 0 radical (unpaired) electrons. The average Bonchev–Trinajstić information content (AvgIpc) is 2.27. The number of anilines is 1. The Bertz CT molecular complexity index is 322. The van der Waals surface area contributed by atoms with E-state index in [1.807, 2.05) is 6.07 Å². The number of hydrazine groups is 1. The molecule has 0 spiro atoms. The molecule has 0 aliphatic rings. The molecule has 4 heteroatoms. The molecule has 4 nitrogen and oxygen atoms in total. The van der Waals surface area contributed by atoms with Crippen LogP contribution in [-0.2, 0) is 0 Å². The standard InChI is InChI=1S/C11H20N4/c1-5-8(4)11-13-9(7(2)3)6-10(14-11)15-12/h6-8H,5,12H2,1-4H3,(H,13,14,15). The predicted octanol–water partition coefficient (Wildman–Crippen LogP) is 2.40. The van der Waals surface area contributed by atoms with Crippen LogP contribution >= 0.6 is 0 Å². The number of hydrogen-bond acceptors (Lipinski definition) is 4. The number of hydrogen-bond donors (Lipinski definition) is 2. The smallest absolute Gasteiger partial charge is 0.143 e. The number of nitrogens with zero attached hydrogens (tertiary/aromatic N) is 2. The van der Waals surface area contributed by atoms with Crippen molar-refractivity contribution in [2.45, 2.75) is 46.0 Å². The van der Waals surface area contributed by atoms with Crippen LogP contribution in [0.15, 0.2) is 6.07 Å². The van der Waals surface area contributed by atoms with E-state index in [1.54, 1.807) is 0 Å². The van der Waals surface area contributed by atoms with Crippen LogP contribution in [0.3, 0.4) is 0 Å². The van der Waals surface area contributed by atoms with Gasteiger partial charge in [0.15, 0.2) is 0 Å². The molecule has 1 rings (SSSR count). The van der Waals surface area contributed by atoms with Crippen molar-refractivity contribution >= 4 is 5.82 Å². The highest BCUT2D eigenvalue weighted by Crippen LogP contribution is 2.20. The topological polar surface area (TPSA) is 63.8 Å². The maximum atomic E-state index is 5.39. The molecule has 0 aromatic carbocycles. The lowest BCUT2D eigenvalue weighted by atomic mass is 10.1. The van der Waals surface area contributed by atoms with Crippen LogP contribution in [0, 0.1) is 0 Å². The van der Waals surface area contributed by atoms with Crippen LogP contribution in [-0.4, -0.2) is 9.97 Å². The van der Waals surface area contributed by atoms with Gasteiger partial charge in [0.1, 0.15) is 11.6 Å². The van der Waals surface area contributed by atoms with E-state index in [0.717, 1.165) is 17.9 Å². The molecule has 1 unspecified atom stereocenters. The summed E-state index contributed by atoms with van der Waals surface area (Å²) in [6.45, 7) is 8.48. The summed E-state index contributed by atoms with van der Waals surface area (Å²) in [5, 5.41) is 0. The minimum atomic E-state index is 0.371. The van der Waals surface area contributed by atoms with E-state index in [1.165, 1.54) is 0 Å². The lowest BCUT2D eigenvalue weighted by Crippen LogP contribution is -2.13. The summed E-state index contributed by atoms with van der Waals surface area (Å²) < 4.78 is 0. The van der Waals surface area contributed by atoms with Crippen molar-refractivity contribution in [1.29, 1.82) is 0 Å². The zero-order chi connectivity index (χ0) is 11.4. The largest absolute Gasteiger partial charge is 0.308 e. The predicted molar refractivity (Wildman–Crippen MR) is 62.6 cm³/mol. The average molecular weight is 208 g/mol. The first-order chi connectivity index (χ1) is 7.08. The van der Waals surface area contributed by atoms with Crippen molar-refractivity contribution in [3.05, 3.63) is 17.6 Å². The van der Waals surface area contributed by atoms with E-state index in [2.05, 4.69) is 43.1 Å². The molecule has 0 fully saturated rings. The Morgan fingerprint density at radius 3 is 2.47 bits per heavy atom. The van der Waals surface area contributed by atoms with E-state index in [4.69, 9.17) is 5.84 Å². The molecular formula is C11H20N4. The van der Waals surface area contributed by atoms with Gasteiger partial charge in [-0.3, -0.25) is 0 Å². The fraction of sp³-hybridized carbons (Fsp3) is 0.636. The van der Waals surface area contributed by atoms with Gasteiger partial charge in [0, 0.05) is 17.7 Å². The van der Waals surface area contributed by atoms with Crippen LogP contribution in [0.4, 0.5) is 5.82 Å². The van der Waals surface area contributed by atoms with Crippen LogP contribution < -0.4 is 11.3 Å². The summed E-state index contributed by atoms with van der Waals surface area (Å²) in [7, 11) is 0. The third kappa shape index (κ3) is 2.89. The first-order valence-electron chi connectivity index (χ1n) is 5.44. The lowest BCUT2D eigenvalue weighted by molar-refractivity contribution is 0.663. The number of nitrogens with two attached hydrogens (primary N) is 1. The second-order valence-corrected chi connectivity index (χ2v) is 4.14. The normalized spacial score (nSPS) is 12.9. The Morgan fingerprint density at radius 2 is 2.00 bits per heavy atom. The second-order valence-electron chi connectivity index (χ2n) is 4.14. The quantitative estimate of drug-likeness (QED) is 0.589. The van der Waals surface area contributed by atoms with Crippen molar-refractivity contribution in [3.8, 4) is 0 Å². The van der Waals surface area contributed by atoms with Gasteiger partial charge in [0.2, 0.25) is 0 Å². The molecule has 0 aliphatic heterocycles. The van der Waals surface area contributed by atoms with Gasteiger partial charge in [-0.05, 0) is 12.3 Å². The van der Waals surface area contributed by atoms with Crippen molar-refractivity contribution in [2.75, 3.05) is 5.43 Å². The molecule has 3 N–H and O–H groups in total. The van der Waals surface area contributed by atoms with E-state index < -0.39 is 0 Å². The molecule has 1 aromatic heterocycles. The molecule has 0 saturated heterocycles. The zero-order valence-corrected chi connectivity index (χ0v) is 9.91. The third-order valence-corrected chi connectivity index (χ3v) is 2.56. The summed E-state index contributed by atoms with van der Waals surface area (Å²) in [5.74, 6) is 7.72. The number of nitrogen functional groups attached to an aromatic ring is 1. The monoisotopic (exact) mass is 208 g/mol. The highest BCUT2D eigenvalue weighted by Gasteiger charge is 2.11. The summed E-state index contributed by atoms with van der Waals surface area (Å²) in [6.07, 6.45) is 1.03. The molecule has 0 bridgehead atoms. The van der Waals surface area contributed by atoms with Gasteiger partial charge in [-0.15, -0.1) is 0 Å². The first-order valence-corrected chi connectivity index (χ1v) is 5.44. The van der Waals surface area contributed by atoms with Gasteiger partial charge in [-0.2, -0.15) is 0 Å². The molecule has 0 saturated carbocycles. The highest BCUT2D eigenvalue weighted by atomic mass is 15.3. The van der Waals surface area contributed by atoms with Crippen LogP contribution in [0.1, 0.15) is 57.5 Å². The molecule has 0 amide bonds. The van der Waals surface area contributed by atoms with Gasteiger partial charge < -0.3 is 5.43 Å². The summed E-state index contributed by atoms with van der Waals surface area (Å²) in [6, 6.07) is 1.90. The fourth-order valence-electron chi connectivity index (χ4n) is 1.26. The van der Waals surface area contributed by atoms with Crippen LogP contribution in [0.5, 0.6) is 0 Å². The summed E-state index contributed by atoms with van der Waals surface area (Å²) in [5.41, 5.74) is 3.63. The first kappa shape index (κ1) is 11.9. The van der Waals surface area contributed by atoms with Gasteiger partial charge in [0.05, 0.1) is 0 Å². The maximum absolute atomic E-state index is 5.39. The van der Waals surface area contributed by atoms with Crippen LogP contribution in [0.25, 0.3) is 0 Å². The molecule has 0 aliphatic carbocycles. The molecule has 1 atom stereocenters. The minimum Gasteiger partial charge on any atom is -0.308 e. The summed E-state index contributed by atoms with van der Waals surface area (Å²) >= 11 is 0. The molecular weight excluding hydrogens is 188 g/mol. The van der Waals surface area contributed by atoms with Crippen molar-refractivity contribution in [3.63, 3.8) is 0 Å². The van der Waals surface area contributed by atoms with Gasteiger partial charge in [-0.1, -0.05) is 27.7 Å². The Hall–Kier alpha value is -1.16. The van der Waals surface area contributed by atoms with Crippen molar-refractivity contribution in [2.24, 2.45) is 5.84 Å². The second kappa shape index (κ2) is 5.07. The van der Waals surface area contributed by atoms with E-state index in [9.17, 15) is 0 Å². The Morgan fingerprint density at radius 1 is 1.33 bits per heavy atom. The summed E-state index contributed by atoms with van der Waals surface area (Å²) in [4.78, 5) is 8.90. The van der Waals surface area contributed by atoms with Gasteiger partial charge in [0.25, 0.3) is 0 Å². The number of nitrogens with one attached hydrogen (secondary N) is 1. The van der Waals surface area contributed by atoms with Crippen LogP contribution in [0.2, 0.25) is 0 Å². The molecule has 1 aromatic rings. The fourth-order valence-corrected chi connectivity index (χ4v) is 1.26. The third-order valence-electron chi connectivity index (χ3n) is 2.56. The number of rotatable bonds is 4. The lowest BCUT2D eigenvalue weighted by Gasteiger charge is -2.13. The highest BCUT2D eigenvalue weighted by molar-refractivity contribution is 5.35.